The van der Waals surface area contributed by atoms with Crippen LogP contribution in [0.4, 0.5) is 28.4 Å². The largest absolute Gasteiger partial charge is 0.497 e. The first-order valence-corrected chi connectivity index (χ1v) is 28.7. The van der Waals surface area contributed by atoms with Crippen LogP contribution >= 0.6 is 0 Å². The number of para-hydroxylation sites is 6. The molecule has 2 fully saturated rings. The van der Waals surface area contributed by atoms with E-state index in [1.54, 1.807) is 51.0 Å². The predicted molar refractivity (Wildman–Crippen MR) is 289 cm³/mol. The number of aliphatic hydroxyl groups is 1. The maximum absolute atomic E-state index is 16.2. The molecule has 1 N–H and O–H groups in total. The predicted octanol–water partition coefficient (Wildman–Crippen LogP) is 11.0. The lowest BCUT2D eigenvalue weighted by Crippen LogP contribution is -2.52. The molecule has 12 rings (SSSR count). The lowest BCUT2D eigenvalue weighted by molar-refractivity contribution is -0.150. The van der Waals surface area contributed by atoms with Gasteiger partial charge in [0.2, 0.25) is 5.91 Å². The number of hydrogen-bond donors (Lipinski definition) is 1. The quantitative estimate of drug-likeness (QED) is 0.133. The molecule has 5 heterocycles. The van der Waals surface area contributed by atoms with E-state index in [4.69, 9.17) is 18.9 Å². The number of amides is 4. The summed E-state index contributed by atoms with van der Waals surface area (Å²) in [6.45, 7) is 7.20. The zero-order valence-corrected chi connectivity index (χ0v) is 43.1. The van der Waals surface area contributed by atoms with E-state index in [1.165, 1.54) is 0 Å². The lowest BCUT2D eigenvalue weighted by Gasteiger charge is -2.37. The topological polar surface area (TPSA) is 138 Å². The summed E-state index contributed by atoms with van der Waals surface area (Å²) in [5, 5.41) is 11.5. The van der Waals surface area contributed by atoms with Crippen LogP contribution in [0.2, 0.25) is 18.6 Å². The van der Waals surface area contributed by atoms with E-state index in [2.05, 4.69) is 32.2 Å². The van der Waals surface area contributed by atoms with Crippen molar-refractivity contribution < 1.29 is 43.2 Å². The molecule has 0 saturated carbocycles. The molecule has 75 heavy (non-hydrogen) atoms. The second kappa shape index (κ2) is 18.7. The summed E-state index contributed by atoms with van der Waals surface area (Å²) >= 11 is 0. The maximum Gasteiger partial charge on any atom is 0.266 e. The fourth-order valence-electron chi connectivity index (χ4n) is 12.5. The Labute approximate surface area is 436 Å². The van der Waals surface area contributed by atoms with E-state index in [0.29, 0.717) is 81.1 Å². The number of methoxy groups -OCH3 is 1. The molecular weight excluding hydrogens is 961 g/mol. The number of aliphatic hydroxyl groups excluding tert-OH is 1. The van der Waals surface area contributed by atoms with Crippen molar-refractivity contribution in [3.63, 3.8) is 0 Å². The van der Waals surface area contributed by atoms with Crippen LogP contribution in [0.15, 0.2) is 164 Å². The van der Waals surface area contributed by atoms with Gasteiger partial charge in [-0.15, -0.1) is 0 Å². The van der Waals surface area contributed by atoms with Crippen LogP contribution in [0.5, 0.6) is 28.7 Å². The highest BCUT2D eigenvalue weighted by Crippen LogP contribution is 2.61. The third-order valence-corrected chi connectivity index (χ3v) is 20.5. The van der Waals surface area contributed by atoms with Gasteiger partial charge in [0.05, 0.1) is 75.1 Å². The van der Waals surface area contributed by atoms with Gasteiger partial charge in [0.1, 0.15) is 17.2 Å². The second-order valence-electron chi connectivity index (χ2n) is 20.6. The van der Waals surface area contributed by atoms with E-state index < -0.39 is 25.7 Å². The Kier molecular flexibility index (Phi) is 12.0. The van der Waals surface area contributed by atoms with Crippen LogP contribution in [0, 0.1) is 5.92 Å². The fraction of sp³-hybridized carbons (Fsp3) is 0.246. The van der Waals surface area contributed by atoms with Gasteiger partial charge < -0.3 is 33.9 Å². The third kappa shape index (κ3) is 7.80. The van der Waals surface area contributed by atoms with Gasteiger partial charge >= 0.3 is 0 Å². The van der Waals surface area contributed by atoms with Crippen LogP contribution < -0.4 is 34.1 Å². The van der Waals surface area contributed by atoms with Crippen molar-refractivity contribution in [1.29, 1.82) is 0 Å². The molecule has 13 nitrogen and oxygen atoms in total. The minimum absolute atomic E-state index is 0.0174. The highest BCUT2D eigenvalue weighted by molar-refractivity contribution is 6.91. The van der Waals surface area contributed by atoms with Crippen molar-refractivity contribution in [2.75, 3.05) is 35.0 Å². The summed E-state index contributed by atoms with van der Waals surface area (Å²) in [5.41, 5.74) is 3.21. The second-order valence-corrected chi connectivity index (χ2v) is 25.3. The van der Waals surface area contributed by atoms with Gasteiger partial charge in [0.15, 0.2) is 17.1 Å². The SMILES string of the molecule is COc1ccc([Si](C)(C)[C@H]2[C@H](CC(=O)N3CCC[C@H]3CO)O[C@@]3(C(=O)N(Cc4ccc(N5C(=O)c6ccccc6Oc6ccccc65)cc4)c4ccc(N5C(=O)c6ccccc6Oc6ccccc65)cc43)[C@@H]2C)cc1. The number of likely N-dealkylation sites (tertiary alicyclic amines) is 1. The molecule has 5 atom stereocenters. The van der Waals surface area contributed by atoms with E-state index in [9.17, 15) is 19.5 Å². The molecule has 5 aliphatic heterocycles. The molecule has 0 unspecified atom stereocenters. The third-order valence-electron chi connectivity index (χ3n) is 16.2. The van der Waals surface area contributed by atoms with E-state index in [0.717, 1.165) is 22.9 Å². The average molecular weight is 1020 g/mol. The lowest BCUT2D eigenvalue weighted by atomic mass is 9.82. The highest BCUT2D eigenvalue weighted by atomic mass is 28.3. The zero-order chi connectivity index (χ0) is 51.8. The van der Waals surface area contributed by atoms with Gasteiger partial charge in [0.25, 0.3) is 17.7 Å². The van der Waals surface area contributed by atoms with E-state index in [-0.39, 0.29) is 54.8 Å². The number of benzene rings is 7. The molecule has 2 saturated heterocycles. The van der Waals surface area contributed by atoms with Gasteiger partial charge in [-0.25, -0.2) is 0 Å². The Balaban J connectivity index is 0.981. The Morgan fingerprint density at radius 3 is 1.85 bits per heavy atom. The monoisotopic (exact) mass is 1020 g/mol. The number of carbonyl (C=O) groups excluding carboxylic acids is 4. The first kappa shape index (κ1) is 47.9. The smallest absolute Gasteiger partial charge is 0.266 e. The Bertz CT molecular complexity index is 3420. The van der Waals surface area contributed by atoms with E-state index >= 15 is 4.79 Å². The molecule has 1 spiro atoms. The molecule has 7 aromatic carbocycles. The summed E-state index contributed by atoms with van der Waals surface area (Å²) in [6, 6.07) is 50.3. The number of nitrogens with zero attached hydrogens (tertiary/aromatic N) is 4. The van der Waals surface area contributed by atoms with Crippen molar-refractivity contribution in [3.8, 4) is 28.7 Å². The molecule has 4 amide bonds. The van der Waals surface area contributed by atoms with Crippen molar-refractivity contribution in [2.45, 2.75) is 69.1 Å². The standard InChI is InChI=1S/C61H56N4O9Si/c1-38-57(75(3,4)44-30-28-43(71-2)29-31-44)55(35-56(67)62-33-13-14-42(62)37-66)74-61(38)47-34-41(65-50-18-8-12-22-54(50)73-52-20-10-6-16-46(52)59(65)69)27-32-48(47)63(60(61)70)36-39-23-25-40(26-24-39)64-49-17-7-11-21-53(49)72-51-19-9-5-15-45(51)58(64)68/h5-12,15-32,34,38,42,55,57,66H,13-14,33,35-37H2,1-4H3/t38-,42+,55+,57-,61+/m1/s1. The number of fused-ring (bicyclic) bond motifs is 6. The summed E-state index contributed by atoms with van der Waals surface area (Å²) in [4.78, 5) is 66.9. The molecule has 0 bridgehead atoms. The minimum atomic E-state index is -2.70. The van der Waals surface area contributed by atoms with Gasteiger partial charge in [0, 0.05) is 29.4 Å². The first-order valence-electron chi connectivity index (χ1n) is 25.6. The average Bonchev–Trinajstić information content (AvgIpc) is 4.05. The molecule has 378 valence electrons. The van der Waals surface area contributed by atoms with E-state index in [1.807, 2.05) is 127 Å². The molecule has 7 aromatic rings. The van der Waals surface area contributed by atoms with Crippen LogP contribution in [-0.4, -0.2) is 74.1 Å². The van der Waals surface area contributed by atoms with Gasteiger partial charge in [-0.2, -0.15) is 0 Å². The molecule has 14 heteroatoms. The Hall–Kier alpha value is -8.04. The molecule has 0 radical (unpaired) electrons. The van der Waals surface area contributed by atoms with Crippen molar-refractivity contribution >= 4 is 65.3 Å². The molecular formula is C61H56N4O9Si. The molecule has 5 aliphatic rings. The summed E-state index contributed by atoms with van der Waals surface area (Å²) < 4.78 is 25.8. The molecule has 0 aromatic heterocycles. The number of rotatable bonds is 10. The first-order chi connectivity index (χ1) is 36.4. The van der Waals surface area contributed by atoms with Gasteiger partial charge in [-0.1, -0.05) is 98.0 Å². The van der Waals surface area contributed by atoms with Gasteiger partial charge in [-0.3, -0.25) is 29.0 Å². The maximum atomic E-state index is 16.2. The Morgan fingerprint density at radius 2 is 1.25 bits per heavy atom. The van der Waals surface area contributed by atoms with Crippen LogP contribution in [-0.2, 0) is 26.5 Å². The fourth-order valence-corrected chi connectivity index (χ4v) is 16.5. The molecule has 0 aliphatic carbocycles. The zero-order valence-electron chi connectivity index (χ0n) is 42.1. The summed E-state index contributed by atoms with van der Waals surface area (Å²) in [5.74, 6) is 1.25. The number of anilines is 5. The highest BCUT2D eigenvalue weighted by Gasteiger charge is 2.67. The summed E-state index contributed by atoms with van der Waals surface area (Å²) in [6.07, 6.45) is 0.830. The van der Waals surface area contributed by atoms with Crippen molar-refractivity contribution in [3.05, 3.63) is 186 Å². The summed E-state index contributed by atoms with van der Waals surface area (Å²) in [7, 11) is -1.07. The number of carbonyl (C=O) groups is 4. The minimum Gasteiger partial charge on any atom is -0.497 e. The van der Waals surface area contributed by atoms with Gasteiger partial charge in [-0.05, 0) is 115 Å². The number of ether oxygens (including phenoxy) is 4. The Morgan fingerprint density at radius 1 is 0.693 bits per heavy atom. The van der Waals surface area contributed by atoms with Crippen LogP contribution in [0.25, 0.3) is 0 Å². The normalized spacial score (nSPS) is 21.6. The van der Waals surface area contributed by atoms with Crippen LogP contribution in [0.3, 0.4) is 0 Å². The van der Waals surface area contributed by atoms with Crippen molar-refractivity contribution in [1.82, 2.24) is 4.90 Å². The number of hydrogen-bond acceptors (Lipinski definition) is 9. The van der Waals surface area contributed by atoms with Crippen LogP contribution in [0.1, 0.15) is 58.0 Å². The van der Waals surface area contributed by atoms with Crippen molar-refractivity contribution in [2.24, 2.45) is 5.92 Å².